The molecule has 122 valence electrons. The predicted molar refractivity (Wildman–Crippen MR) is 94.9 cm³/mol. The van der Waals surface area contributed by atoms with Crippen LogP contribution in [0.4, 0.5) is 5.69 Å². The number of halogens is 3. The summed E-state index contributed by atoms with van der Waals surface area (Å²) < 4.78 is 3.59. The topological polar surface area (TPSA) is 62.4 Å². The van der Waals surface area contributed by atoms with Gasteiger partial charge in [0.2, 0.25) is 9.70 Å². The lowest BCUT2D eigenvalue weighted by Crippen LogP contribution is -2.55. The van der Waals surface area contributed by atoms with Crippen LogP contribution in [-0.4, -0.2) is 27.6 Å². The molecule has 3 N–H and O–H groups in total. The number of hydrogen-bond acceptors (Lipinski definition) is 3. The van der Waals surface area contributed by atoms with Crippen LogP contribution in [0.3, 0.4) is 0 Å². The maximum absolute atomic E-state index is 11.1. The molecule has 0 spiro atoms. The van der Waals surface area contributed by atoms with E-state index in [0.29, 0.717) is 6.61 Å². The number of amides is 1. The van der Waals surface area contributed by atoms with Gasteiger partial charge in [0, 0.05) is 12.6 Å². The second-order valence-electron chi connectivity index (χ2n) is 4.23. The first kappa shape index (κ1) is 19.1. The van der Waals surface area contributed by atoms with Crippen molar-refractivity contribution < 1.29 is 9.53 Å². The lowest BCUT2D eigenvalue weighted by atomic mass is 10.3. The van der Waals surface area contributed by atoms with Gasteiger partial charge in [-0.3, -0.25) is 4.79 Å². The van der Waals surface area contributed by atoms with Crippen molar-refractivity contribution in [3.63, 3.8) is 0 Å². The monoisotopic (exact) mass is 383 g/mol. The zero-order valence-corrected chi connectivity index (χ0v) is 15.0. The van der Waals surface area contributed by atoms with Crippen molar-refractivity contribution in [1.29, 1.82) is 0 Å². The largest absolute Gasteiger partial charge is 0.494 e. The molecule has 0 aliphatic heterocycles. The van der Waals surface area contributed by atoms with Gasteiger partial charge in [-0.05, 0) is 43.4 Å². The second kappa shape index (κ2) is 8.62. The zero-order chi connectivity index (χ0) is 16.8. The van der Waals surface area contributed by atoms with Gasteiger partial charge < -0.3 is 20.7 Å². The molecule has 0 aliphatic carbocycles. The molecule has 0 saturated heterocycles. The van der Waals surface area contributed by atoms with E-state index in [1.807, 2.05) is 6.92 Å². The smallest absolute Gasteiger partial charge is 0.228 e. The molecular formula is C13H16Cl3N3O2S. The molecule has 1 amide bonds. The number of nitrogens with one attached hydrogen (secondary N) is 3. The summed E-state index contributed by atoms with van der Waals surface area (Å²) in [6.07, 6.45) is -0.960. The number of hydrogen-bond donors (Lipinski definition) is 3. The third-order valence-electron chi connectivity index (χ3n) is 2.37. The number of benzene rings is 1. The highest BCUT2D eigenvalue weighted by Crippen LogP contribution is 2.29. The average molecular weight is 385 g/mol. The molecule has 0 heterocycles. The summed E-state index contributed by atoms with van der Waals surface area (Å²) in [4.78, 5) is 11.1. The molecule has 0 bridgehead atoms. The number of ether oxygens (including phenoxy) is 1. The van der Waals surface area contributed by atoms with Crippen molar-refractivity contribution in [2.45, 2.75) is 23.8 Å². The summed E-state index contributed by atoms with van der Waals surface area (Å²) >= 11 is 22.5. The Morgan fingerprint density at radius 1 is 1.27 bits per heavy atom. The van der Waals surface area contributed by atoms with E-state index in [9.17, 15) is 4.79 Å². The molecular weight excluding hydrogens is 369 g/mol. The first-order valence-electron chi connectivity index (χ1n) is 6.36. The maximum Gasteiger partial charge on any atom is 0.228 e. The molecule has 1 atom stereocenters. The molecule has 0 radical (unpaired) electrons. The fourth-order valence-electron chi connectivity index (χ4n) is 1.50. The van der Waals surface area contributed by atoms with Gasteiger partial charge in [0.15, 0.2) is 5.11 Å². The predicted octanol–water partition coefficient (Wildman–Crippen LogP) is 3.20. The van der Waals surface area contributed by atoms with Crippen LogP contribution >= 0.6 is 47.0 Å². The Morgan fingerprint density at radius 3 is 2.32 bits per heavy atom. The summed E-state index contributed by atoms with van der Waals surface area (Å²) in [5.41, 5.74) is 0.729. The summed E-state index contributed by atoms with van der Waals surface area (Å²) in [7, 11) is 0. The zero-order valence-electron chi connectivity index (χ0n) is 12.0. The lowest BCUT2D eigenvalue weighted by molar-refractivity contribution is -0.119. The van der Waals surface area contributed by atoms with E-state index < -0.39 is 9.96 Å². The third-order valence-corrected chi connectivity index (χ3v) is 3.25. The number of anilines is 1. The minimum Gasteiger partial charge on any atom is -0.494 e. The van der Waals surface area contributed by atoms with Crippen LogP contribution in [0.1, 0.15) is 13.8 Å². The first-order chi connectivity index (χ1) is 10.2. The molecule has 0 fully saturated rings. The SMILES string of the molecule is CCOc1ccc(NC(=S)N[C@@H](NC(C)=O)C(Cl)(Cl)Cl)cc1. The molecule has 22 heavy (non-hydrogen) atoms. The number of thiocarbonyl (C=S) groups is 1. The maximum atomic E-state index is 11.1. The van der Waals surface area contributed by atoms with Crippen LogP contribution in [0, 0.1) is 0 Å². The lowest BCUT2D eigenvalue weighted by Gasteiger charge is -2.27. The van der Waals surface area contributed by atoms with Gasteiger partial charge in [0.25, 0.3) is 0 Å². The van der Waals surface area contributed by atoms with Crippen molar-refractivity contribution in [3.05, 3.63) is 24.3 Å². The molecule has 0 aromatic heterocycles. The number of rotatable bonds is 5. The number of carbonyl (C=O) groups is 1. The highest BCUT2D eigenvalue weighted by molar-refractivity contribution is 7.80. The molecule has 9 heteroatoms. The highest BCUT2D eigenvalue weighted by Gasteiger charge is 2.33. The third kappa shape index (κ3) is 6.87. The first-order valence-corrected chi connectivity index (χ1v) is 7.90. The summed E-state index contributed by atoms with van der Waals surface area (Å²) in [6.45, 7) is 3.81. The highest BCUT2D eigenvalue weighted by atomic mass is 35.6. The van der Waals surface area contributed by atoms with E-state index in [0.717, 1.165) is 11.4 Å². The van der Waals surface area contributed by atoms with E-state index in [2.05, 4.69) is 16.0 Å². The Kier molecular flexibility index (Phi) is 7.48. The fraction of sp³-hybridized carbons (Fsp3) is 0.385. The van der Waals surface area contributed by atoms with Gasteiger partial charge in [-0.15, -0.1) is 0 Å². The van der Waals surface area contributed by atoms with E-state index in [-0.39, 0.29) is 11.0 Å². The van der Waals surface area contributed by atoms with Crippen LogP contribution in [0.25, 0.3) is 0 Å². The van der Waals surface area contributed by atoms with Gasteiger partial charge in [-0.2, -0.15) is 0 Å². The Morgan fingerprint density at radius 2 is 1.86 bits per heavy atom. The minimum atomic E-state index is -1.75. The number of carbonyl (C=O) groups excluding carboxylic acids is 1. The van der Waals surface area contributed by atoms with Gasteiger partial charge in [0.1, 0.15) is 11.9 Å². The minimum absolute atomic E-state index is 0.203. The summed E-state index contributed by atoms with van der Waals surface area (Å²) in [5.74, 6) is 0.400. The van der Waals surface area contributed by atoms with Crippen molar-refractivity contribution in [1.82, 2.24) is 10.6 Å². The Hall–Kier alpha value is -0.950. The Bertz CT molecular complexity index is 520. The molecule has 1 aromatic rings. The van der Waals surface area contributed by atoms with Crippen molar-refractivity contribution in [2.75, 3.05) is 11.9 Å². The molecule has 0 aliphatic rings. The average Bonchev–Trinajstić information content (AvgIpc) is 2.39. The van der Waals surface area contributed by atoms with E-state index in [1.54, 1.807) is 24.3 Å². The van der Waals surface area contributed by atoms with Gasteiger partial charge >= 0.3 is 0 Å². The van der Waals surface area contributed by atoms with Crippen LogP contribution in [-0.2, 0) is 4.79 Å². The molecule has 1 aromatic carbocycles. The second-order valence-corrected chi connectivity index (χ2v) is 7.01. The molecule has 0 saturated carbocycles. The molecule has 5 nitrogen and oxygen atoms in total. The van der Waals surface area contributed by atoms with E-state index in [4.69, 9.17) is 51.8 Å². The van der Waals surface area contributed by atoms with Gasteiger partial charge in [0.05, 0.1) is 6.61 Å². The molecule has 0 unspecified atom stereocenters. The molecule has 1 rings (SSSR count). The Labute approximate surface area is 149 Å². The van der Waals surface area contributed by atoms with Crippen LogP contribution < -0.4 is 20.7 Å². The quantitative estimate of drug-likeness (QED) is 0.413. The standard InChI is InChI=1S/C13H16Cl3N3O2S/c1-3-21-10-6-4-9(5-7-10)18-12(22)19-11(13(14,15)16)17-8(2)20/h4-7,11H,3H2,1-2H3,(H,17,20)(H2,18,19,22)/t11-/m1/s1. The van der Waals surface area contributed by atoms with Crippen LogP contribution in [0.15, 0.2) is 24.3 Å². The van der Waals surface area contributed by atoms with Crippen LogP contribution in [0.5, 0.6) is 5.75 Å². The number of alkyl halides is 3. The van der Waals surface area contributed by atoms with Crippen molar-refractivity contribution in [3.8, 4) is 5.75 Å². The van der Waals surface area contributed by atoms with Gasteiger partial charge in [-0.25, -0.2) is 0 Å². The van der Waals surface area contributed by atoms with E-state index >= 15 is 0 Å². The summed E-state index contributed by atoms with van der Waals surface area (Å²) in [5, 5.41) is 8.33. The van der Waals surface area contributed by atoms with Crippen molar-refractivity contribution in [2.24, 2.45) is 0 Å². The van der Waals surface area contributed by atoms with Gasteiger partial charge in [-0.1, -0.05) is 34.8 Å². The fourth-order valence-corrected chi connectivity index (χ4v) is 2.07. The van der Waals surface area contributed by atoms with Crippen LogP contribution in [0.2, 0.25) is 0 Å². The van der Waals surface area contributed by atoms with Crippen molar-refractivity contribution >= 4 is 63.7 Å². The van der Waals surface area contributed by atoms with E-state index in [1.165, 1.54) is 6.92 Å². The summed E-state index contributed by atoms with van der Waals surface area (Å²) in [6, 6.07) is 7.19. The Balaban J connectivity index is 2.65. The normalized spacial score (nSPS) is 12.2.